The summed E-state index contributed by atoms with van der Waals surface area (Å²) in [5, 5.41) is 5.95. The molecule has 4 amide bonds. The van der Waals surface area contributed by atoms with Crippen LogP contribution in [0.15, 0.2) is 53.1 Å². The number of nitrogens with one attached hydrogen (secondary N) is 3. The number of amides is 4. The second-order valence-corrected chi connectivity index (χ2v) is 7.58. The zero-order valence-corrected chi connectivity index (χ0v) is 16.6. The van der Waals surface area contributed by atoms with Gasteiger partial charge < -0.3 is 15.6 Å². The summed E-state index contributed by atoms with van der Waals surface area (Å²) >= 11 is 3.13. The molecule has 148 valence electrons. The number of hydrogen-bond acceptors (Lipinski definition) is 3. The van der Waals surface area contributed by atoms with Gasteiger partial charge in [0.25, 0.3) is 5.91 Å². The third kappa shape index (κ3) is 3.86. The molecule has 4 rings (SSSR count). The predicted molar refractivity (Wildman–Crippen MR) is 109 cm³/mol. The number of para-hydroxylation sites is 1. The number of rotatable bonds is 5. The minimum absolute atomic E-state index is 0.0272. The van der Waals surface area contributed by atoms with Crippen molar-refractivity contribution in [2.45, 2.75) is 12.5 Å². The van der Waals surface area contributed by atoms with Crippen LogP contribution in [-0.4, -0.2) is 40.3 Å². The molecule has 0 spiro atoms. The number of urea groups is 1. The van der Waals surface area contributed by atoms with E-state index in [1.165, 1.54) is 12.1 Å². The number of aromatic nitrogens is 1. The van der Waals surface area contributed by atoms with Gasteiger partial charge in [0.1, 0.15) is 18.4 Å². The Kier molecular flexibility index (Phi) is 5.06. The lowest BCUT2D eigenvalue weighted by Gasteiger charge is -2.13. The number of hydrogen-bond donors (Lipinski definition) is 3. The average Bonchev–Trinajstić information content (AvgIpc) is 3.21. The molecule has 3 N–H and O–H groups in total. The van der Waals surface area contributed by atoms with Crippen LogP contribution in [0.4, 0.5) is 14.9 Å². The number of imide groups is 1. The van der Waals surface area contributed by atoms with Gasteiger partial charge in [-0.2, -0.15) is 0 Å². The van der Waals surface area contributed by atoms with Crippen molar-refractivity contribution in [1.29, 1.82) is 0 Å². The van der Waals surface area contributed by atoms with Gasteiger partial charge in [0.15, 0.2) is 0 Å². The monoisotopic (exact) mass is 458 g/mol. The molecule has 1 aromatic heterocycles. The van der Waals surface area contributed by atoms with Crippen molar-refractivity contribution in [2.24, 2.45) is 0 Å². The zero-order valence-electron chi connectivity index (χ0n) is 15.0. The normalized spacial score (nSPS) is 16.3. The topological polar surface area (TPSA) is 94.3 Å². The molecular formula is C20H16BrFN4O3. The third-order valence-corrected chi connectivity index (χ3v) is 5.21. The summed E-state index contributed by atoms with van der Waals surface area (Å²) in [6, 6.07) is 10.4. The highest BCUT2D eigenvalue weighted by molar-refractivity contribution is 9.10. The van der Waals surface area contributed by atoms with Gasteiger partial charge in [0.05, 0.1) is 5.69 Å². The zero-order chi connectivity index (χ0) is 20.5. The van der Waals surface area contributed by atoms with Crippen molar-refractivity contribution in [3.63, 3.8) is 0 Å². The van der Waals surface area contributed by atoms with Crippen molar-refractivity contribution >= 4 is 50.4 Å². The Morgan fingerprint density at radius 2 is 2.00 bits per heavy atom. The molecule has 1 saturated heterocycles. The number of aromatic amines is 1. The molecule has 0 unspecified atom stereocenters. The van der Waals surface area contributed by atoms with Gasteiger partial charge >= 0.3 is 6.03 Å². The Labute approximate surface area is 173 Å². The summed E-state index contributed by atoms with van der Waals surface area (Å²) in [5.74, 6) is -1.78. The summed E-state index contributed by atoms with van der Waals surface area (Å²) in [4.78, 5) is 41.1. The first-order chi connectivity index (χ1) is 13.9. The summed E-state index contributed by atoms with van der Waals surface area (Å²) in [6.07, 6.45) is 2.10. The third-order valence-electron chi connectivity index (χ3n) is 4.71. The summed E-state index contributed by atoms with van der Waals surface area (Å²) in [5.41, 5.74) is 1.80. The maximum absolute atomic E-state index is 13.9. The minimum Gasteiger partial charge on any atom is -0.361 e. The lowest BCUT2D eigenvalue weighted by atomic mass is 10.1. The molecule has 2 aromatic carbocycles. The Morgan fingerprint density at radius 3 is 2.79 bits per heavy atom. The molecule has 0 aliphatic carbocycles. The van der Waals surface area contributed by atoms with Crippen molar-refractivity contribution < 1.29 is 18.8 Å². The van der Waals surface area contributed by atoms with Crippen LogP contribution in [0.1, 0.15) is 5.56 Å². The molecule has 29 heavy (non-hydrogen) atoms. The predicted octanol–water partition coefficient (Wildman–Crippen LogP) is 3.17. The number of benzene rings is 2. The van der Waals surface area contributed by atoms with Gasteiger partial charge in [0.2, 0.25) is 5.91 Å². The Morgan fingerprint density at radius 1 is 1.21 bits per heavy atom. The highest BCUT2D eigenvalue weighted by Gasteiger charge is 2.39. The fourth-order valence-electron chi connectivity index (χ4n) is 3.31. The lowest BCUT2D eigenvalue weighted by molar-refractivity contribution is -0.130. The molecule has 1 aliphatic rings. The van der Waals surface area contributed by atoms with Crippen LogP contribution in [0.2, 0.25) is 0 Å². The van der Waals surface area contributed by atoms with Crippen molar-refractivity contribution in [3.8, 4) is 0 Å². The standard InChI is InChI=1S/C20H16BrFN4O3/c21-12-5-6-16(14(22)8-12)24-18(27)10-26-19(28)17(25-20(26)29)7-11-9-23-15-4-2-1-3-13(11)15/h1-6,8-9,17,23H,7,10H2,(H,24,27)(H,25,29)/t17-/m1/s1. The first kappa shape index (κ1) is 19.1. The number of carbonyl (C=O) groups is 3. The van der Waals surface area contributed by atoms with E-state index in [0.717, 1.165) is 21.4 Å². The van der Waals surface area contributed by atoms with Crippen LogP contribution in [0.5, 0.6) is 0 Å². The molecule has 2 heterocycles. The number of anilines is 1. The van der Waals surface area contributed by atoms with Crippen LogP contribution < -0.4 is 10.6 Å². The van der Waals surface area contributed by atoms with E-state index in [0.29, 0.717) is 10.9 Å². The molecule has 3 aromatic rings. The molecule has 0 radical (unpaired) electrons. The minimum atomic E-state index is -0.765. The maximum atomic E-state index is 13.9. The average molecular weight is 459 g/mol. The van der Waals surface area contributed by atoms with E-state index in [-0.39, 0.29) is 5.69 Å². The Bertz CT molecular complexity index is 1130. The molecular weight excluding hydrogens is 443 g/mol. The highest BCUT2D eigenvalue weighted by Crippen LogP contribution is 2.22. The van der Waals surface area contributed by atoms with Gasteiger partial charge in [-0.05, 0) is 29.8 Å². The fraction of sp³-hybridized carbons (Fsp3) is 0.150. The number of nitrogens with zero attached hydrogens (tertiary/aromatic N) is 1. The van der Waals surface area contributed by atoms with Gasteiger partial charge in [0, 0.05) is 28.0 Å². The summed E-state index contributed by atoms with van der Waals surface area (Å²) < 4.78 is 14.4. The van der Waals surface area contributed by atoms with Gasteiger partial charge in [-0.3, -0.25) is 14.5 Å². The van der Waals surface area contributed by atoms with E-state index in [1.54, 1.807) is 12.3 Å². The SMILES string of the molecule is O=C(CN1C(=O)N[C@H](Cc2c[nH]c3ccccc23)C1=O)Nc1ccc(Br)cc1F. The van der Waals surface area contributed by atoms with E-state index < -0.39 is 36.2 Å². The van der Waals surface area contributed by atoms with Crippen LogP contribution in [0.25, 0.3) is 10.9 Å². The van der Waals surface area contributed by atoms with E-state index in [1.807, 2.05) is 24.3 Å². The van der Waals surface area contributed by atoms with Crippen LogP contribution >= 0.6 is 15.9 Å². The molecule has 1 fully saturated rings. The molecule has 1 aliphatic heterocycles. The van der Waals surface area contributed by atoms with Crippen molar-refractivity contribution in [2.75, 3.05) is 11.9 Å². The highest BCUT2D eigenvalue weighted by atomic mass is 79.9. The Hall–Kier alpha value is -3.20. The number of halogens is 2. The summed E-state index contributed by atoms with van der Waals surface area (Å²) in [6.45, 7) is -0.495. The molecule has 0 saturated carbocycles. The molecule has 7 nitrogen and oxygen atoms in total. The van der Waals surface area contributed by atoms with Gasteiger partial charge in [-0.1, -0.05) is 34.1 Å². The second kappa shape index (κ2) is 7.67. The van der Waals surface area contributed by atoms with Crippen LogP contribution in [-0.2, 0) is 16.0 Å². The maximum Gasteiger partial charge on any atom is 0.325 e. The first-order valence-electron chi connectivity index (χ1n) is 8.84. The quantitative estimate of drug-likeness (QED) is 0.512. The smallest absolute Gasteiger partial charge is 0.325 e. The van der Waals surface area contributed by atoms with Crippen LogP contribution in [0.3, 0.4) is 0 Å². The van der Waals surface area contributed by atoms with E-state index in [4.69, 9.17) is 0 Å². The number of fused-ring (bicyclic) bond motifs is 1. The molecule has 1 atom stereocenters. The first-order valence-corrected chi connectivity index (χ1v) is 9.63. The Balaban J connectivity index is 1.43. The van der Waals surface area contributed by atoms with Crippen LogP contribution in [0, 0.1) is 5.82 Å². The molecule has 0 bridgehead atoms. The summed E-state index contributed by atoms with van der Waals surface area (Å²) in [7, 11) is 0. The van der Waals surface area contributed by atoms with Crippen molar-refractivity contribution in [1.82, 2.24) is 15.2 Å². The van der Waals surface area contributed by atoms with E-state index in [9.17, 15) is 18.8 Å². The van der Waals surface area contributed by atoms with E-state index in [2.05, 4.69) is 31.5 Å². The number of carbonyl (C=O) groups excluding carboxylic acids is 3. The second-order valence-electron chi connectivity index (χ2n) is 6.66. The van der Waals surface area contributed by atoms with E-state index >= 15 is 0 Å². The number of H-pyrrole nitrogens is 1. The molecule has 9 heteroatoms. The fourth-order valence-corrected chi connectivity index (χ4v) is 3.64. The van der Waals surface area contributed by atoms with Crippen molar-refractivity contribution in [3.05, 3.63) is 64.5 Å². The largest absolute Gasteiger partial charge is 0.361 e. The van der Waals surface area contributed by atoms with Gasteiger partial charge in [-0.15, -0.1) is 0 Å². The lowest BCUT2D eigenvalue weighted by Crippen LogP contribution is -2.38. The van der Waals surface area contributed by atoms with Gasteiger partial charge in [-0.25, -0.2) is 9.18 Å².